The van der Waals surface area contributed by atoms with Gasteiger partial charge in [-0.1, -0.05) is 37.3 Å². The molecule has 1 atom stereocenters. The fourth-order valence-corrected chi connectivity index (χ4v) is 3.54. The van der Waals surface area contributed by atoms with Crippen molar-refractivity contribution in [2.24, 2.45) is 5.92 Å². The van der Waals surface area contributed by atoms with Crippen LogP contribution < -0.4 is 9.47 Å². The van der Waals surface area contributed by atoms with Crippen molar-refractivity contribution in [2.75, 3.05) is 27.3 Å². The van der Waals surface area contributed by atoms with Gasteiger partial charge >= 0.3 is 5.97 Å². The van der Waals surface area contributed by atoms with Gasteiger partial charge in [0.2, 0.25) is 0 Å². The molecule has 0 heterocycles. The number of aliphatic carboxylic acids is 1. The van der Waals surface area contributed by atoms with Crippen LogP contribution in [-0.4, -0.2) is 49.2 Å². The molecule has 0 aromatic heterocycles. The van der Waals surface area contributed by atoms with Crippen LogP contribution in [0.3, 0.4) is 0 Å². The van der Waals surface area contributed by atoms with E-state index in [0.717, 1.165) is 18.4 Å². The number of nitrogens with zero attached hydrogens (tertiary/aromatic N) is 1. The van der Waals surface area contributed by atoms with E-state index in [4.69, 9.17) is 14.6 Å². The Kier molecular flexibility index (Phi) is 9.38. The van der Waals surface area contributed by atoms with Gasteiger partial charge in [0.1, 0.15) is 11.5 Å². The minimum atomic E-state index is -0.810. The Morgan fingerprint density at radius 3 is 2.13 bits per heavy atom. The summed E-state index contributed by atoms with van der Waals surface area (Å²) in [6, 6.07) is 13.6. The maximum absolute atomic E-state index is 13.3. The minimum absolute atomic E-state index is 0.104. The summed E-state index contributed by atoms with van der Waals surface area (Å²) in [6.07, 6.45) is 2.85. The second-order valence-electron chi connectivity index (χ2n) is 7.77. The largest absolute Gasteiger partial charge is 0.496 e. The van der Waals surface area contributed by atoms with Crippen LogP contribution in [-0.2, 0) is 11.2 Å². The Hall–Kier alpha value is -3.02. The maximum Gasteiger partial charge on any atom is 0.306 e. The normalized spacial score (nSPS) is 11.6. The third-order valence-corrected chi connectivity index (χ3v) is 5.51. The molecular formula is C25H33NO5. The predicted molar refractivity (Wildman–Crippen MR) is 121 cm³/mol. The van der Waals surface area contributed by atoms with E-state index >= 15 is 0 Å². The van der Waals surface area contributed by atoms with Crippen molar-refractivity contribution >= 4 is 11.9 Å². The zero-order valence-corrected chi connectivity index (χ0v) is 18.9. The highest BCUT2D eigenvalue weighted by molar-refractivity contribution is 5.95. The summed E-state index contributed by atoms with van der Waals surface area (Å²) in [4.78, 5) is 26.3. The lowest BCUT2D eigenvalue weighted by Crippen LogP contribution is -2.33. The number of carbonyl (C=O) groups is 2. The number of rotatable bonds is 12. The topological polar surface area (TPSA) is 76.1 Å². The molecule has 6 heteroatoms. The van der Waals surface area contributed by atoms with Gasteiger partial charge in [-0.15, -0.1) is 0 Å². The molecule has 0 saturated heterocycles. The fraction of sp³-hybridized carbons (Fsp3) is 0.440. The van der Waals surface area contributed by atoms with Crippen molar-refractivity contribution in [1.82, 2.24) is 4.90 Å². The molecule has 2 aromatic rings. The Morgan fingerprint density at radius 2 is 1.58 bits per heavy atom. The van der Waals surface area contributed by atoms with Crippen LogP contribution in [0.25, 0.3) is 0 Å². The van der Waals surface area contributed by atoms with Crippen molar-refractivity contribution in [3.63, 3.8) is 0 Å². The third kappa shape index (κ3) is 7.02. The Labute approximate surface area is 184 Å². The second kappa shape index (κ2) is 12.0. The van der Waals surface area contributed by atoms with Gasteiger partial charge in [0.05, 0.1) is 20.1 Å². The number of ether oxygens (including phenoxy) is 2. The summed E-state index contributed by atoms with van der Waals surface area (Å²) in [6.45, 7) is 4.67. The van der Waals surface area contributed by atoms with Crippen LogP contribution in [0.4, 0.5) is 0 Å². The van der Waals surface area contributed by atoms with Gasteiger partial charge in [-0.05, 0) is 50.3 Å². The molecule has 1 amide bonds. The Balaban J connectivity index is 2.15. The lowest BCUT2D eigenvalue weighted by Gasteiger charge is -2.24. The van der Waals surface area contributed by atoms with Gasteiger partial charge in [0.15, 0.2) is 0 Å². The molecule has 0 bridgehead atoms. The van der Waals surface area contributed by atoms with Crippen LogP contribution in [0.1, 0.15) is 47.7 Å². The van der Waals surface area contributed by atoms with E-state index in [1.54, 1.807) is 38.2 Å². The number of amides is 1. The third-order valence-electron chi connectivity index (χ3n) is 5.51. The molecule has 0 saturated carbocycles. The smallest absolute Gasteiger partial charge is 0.306 e. The summed E-state index contributed by atoms with van der Waals surface area (Å²) in [5.41, 5.74) is 2.57. The molecule has 6 nitrogen and oxygen atoms in total. The van der Waals surface area contributed by atoms with Gasteiger partial charge in [-0.3, -0.25) is 9.59 Å². The van der Waals surface area contributed by atoms with E-state index < -0.39 is 11.9 Å². The lowest BCUT2D eigenvalue weighted by molar-refractivity contribution is -0.141. The molecule has 2 rings (SSSR count). The number of methoxy groups -OCH3 is 2. The Morgan fingerprint density at radius 1 is 1.00 bits per heavy atom. The first-order chi connectivity index (χ1) is 14.9. The van der Waals surface area contributed by atoms with Crippen molar-refractivity contribution in [3.05, 3.63) is 59.2 Å². The average Bonchev–Trinajstić information content (AvgIpc) is 2.78. The van der Waals surface area contributed by atoms with Crippen LogP contribution in [0.5, 0.6) is 11.5 Å². The fourth-order valence-electron chi connectivity index (χ4n) is 3.54. The van der Waals surface area contributed by atoms with Gasteiger partial charge in [-0.2, -0.15) is 0 Å². The zero-order chi connectivity index (χ0) is 22.8. The van der Waals surface area contributed by atoms with Gasteiger partial charge in [-0.25, -0.2) is 0 Å². The minimum Gasteiger partial charge on any atom is -0.496 e. The van der Waals surface area contributed by atoms with Crippen LogP contribution in [0, 0.1) is 12.8 Å². The monoisotopic (exact) mass is 427 g/mol. The Bertz CT molecular complexity index is 840. The maximum atomic E-state index is 13.3. The van der Waals surface area contributed by atoms with Crippen molar-refractivity contribution in [1.29, 1.82) is 0 Å². The zero-order valence-electron chi connectivity index (χ0n) is 18.9. The quantitative estimate of drug-likeness (QED) is 0.536. The van der Waals surface area contributed by atoms with Gasteiger partial charge in [0.25, 0.3) is 5.91 Å². The molecule has 0 radical (unpaired) electrons. The van der Waals surface area contributed by atoms with E-state index in [9.17, 15) is 9.59 Å². The van der Waals surface area contributed by atoms with E-state index in [2.05, 4.69) is 12.1 Å². The number of carboxylic acid groups (broad SMARTS) is 1. The number of hydrogen-bond donors (Lipinski definition) is 1. The first kappa shape index (κ1) is 24.3. The molecule has 168 valence electrons. The number of carboxylic acids is 1. The van der Waals surface area contributed by atoms with E-state index in [1.165, 1.54) is 5.56 Å². The van der Waals surface area contributed by atoms with E-state index in [1.807, 2.05) is 25.1 Å². The molecule has 0 spiro atoms. The number of aryl methyl sites for hydroxylation is 1. The summed E-state index contributed by atoms with van der Waals surface area (Å²) < 4.78 is 10.8. The average molecular weight is 428 g/mol. The van der Waals surface area contributed by atoms with Crippen molar-refractivity contribution in [2.45, 2.75) is 39.5 Å². The van der Waals surface area contributed by atoms with Crippen molar-refractivity contribution in [3.8, 4) is 11.5 Å². The number of hydrogen-bond acceptors (Lipinski definition) is 4. The summed E-state index contributed by atoms with van der Waals surface area (Å²) in [5, 5.41) is 9.13. The highest BCUT2D eigenvalue weighted by atomic mass is 16.5. The molecule has 0 unspecified atom stereocenters. The first-order valence-electron chi connectivity index (χ1n) is 10.7. The summed E-state index contributed by atoms with van der Waals surface area (Å²) in [7, 11) is 3.14. The number of benzene rings is 2. The molecule has 0 aliphatic carbocycles. The van der Waals surface area contributed by atoms with E-state index in [0.29, 0.717) is 43.0 Å². The number of carbonyl (C=O) groups excluding carboxylic acids is 1. The van der Waals surface area contributed by atoms with Crippen LogP contribution >= 0.6 is 0 Å². The molecule has 2 aromatic carbocycles. The predicted octanol–water partition coefficient (Wildman–Crippen LogP) is 4.59. The molecule has 0 aliphatic heterocycles. The summed E-state index contributed by atoms with van der Waals surface area (Å²) in [5.74, 6) is -0.138. The SMILES string of the molecule is COc1cc(C(=O)N(CCCc2ccccc2)CCC[C@@H](C)C(=O)O)cc(OC)c1C. The molecule has 0 aliphatic rings. The standard InChI is InChI=1S/C25H33NO5/c1-18(25(28)29)10-8-14-26(15-9-13-20-11-6-5-7-12-20)24(27)21-16-22(30-3)19(2)23(17-21)31-4/h5-7,11-12,16-18H,8-10,13-15H2,1-4H3,(H,28,29)/t18-/m1/s1. The second-order valence-corrected chi connectivity index (χ2v) is 7.77. The van der Waals surface area contributed by atoms with Crippen LogP contribution in [0.15, 0.2) is 42.5 Å². The highest BCUT2D eigenvalue weighted by Gasteiger charge is 2.20. The van der Waals surface area contributed by atoms with Gasteiger partial charge in [0, 0.05) is 24.2 Å². The van der Waals surface area contributed by atoms with E-state index in [-0.39, 0.29) is 5.91 Å². The van der Waals surface area contributed by atoms with Crippen molar-refractivity contribution < 1.29 is 24.2 Å². The molecule has 31 heavy (non-hydrogen) atoms. The van der Waals surface area contributed by atoms with Crippen LogP contribution in [0.2, 0.25) is 0 Å². The van der Waals surface area contributed by atoms with Gasteiger partial charge < -0.3 is 19.5 Å². The summed E-state index contributed by atoms with van der Waals surface area (Å²) >= 11 is 0. The lowest BCUT2D eigenvalue weighted by atomic mass is 10.0. The molecule has 0 fully saturated rings. The molecule has 1 N–H and O–H groups in total. The highest BCUT2D eigenvalue weighted by Crippen LogP contribution is 2.30. The first-order valence-corrected chi connectivity index (χ1v) is 10.7. The molecular weight excluding hydrogens is 394 g/mol.